The molecule has 108 valence electrons. The van der Waals surface area contributed by atoms with Crippen LogP contribution in [0.15, 0.2) is 30.6 Å². The Labute approximate surface area is 122 Å². The van der Waals surface area contributed by atoms with Gasteiger partial charge in [0.25, 0.3) is 5.78 Å². The van der Waals surface area contributed by atoms with Crippen molar-refractivity contribution in [1.29, 1.82) is 0 Å². The highest BCUT2D eigenvalue weighted by Crippen LogP contribution is 2.33. The van der Waals surface area contributed by atoms with E-state index in [1.165, 1.54) is 6.33 Å². The van der Waals surface area contributed by atoms with Gasteiger partial charge in [-0.05, 0) is 23.6 Å². The number of nitrogen functional groups attached to an aromatic ring is 1. The smallest absolute Gasteiger partial charge is 0.254 e. The summed E-state index contributed by atoms with van der Waals surface area (Å²) in [5.41, 5.74) is 9.09. The van der Waals surface area contributed by atoms with E-state index in [4.69, 9.17) is 10.5 Å². The van der Waals surface area contributed by atoms with Crippen molar-refractivity contribution in [3.63, 3.8) is 0 Å². The number of fused-ring (bicyclic) bond motifs is 1. The molecular weight excluding hydrogens is 266 g/mol. The van der Waals surface area contributed by atoms with Crippen LogP contribution in [0, 0.1) is 0 Å². The highest BCUT2D eigenvalue weighted by molar-refractivity contribution is 5.78. The Hall–Kier alpha value is -2.63. The van der Waals surface area contributed by atoms with Gasteiger partial charge >= 0.3 is 0 Å². The minimum absolute atomic E-state index is 0.228. The van der Waals surface area contributed by atoms with Gasteiger partial charge in [0, 0.05) is 5.56 Å². The number of rotatable bonds is 3. The minimum atomic E-state index is 0.228. The van der Waals surface area contributed by atoms with Crippen molar-refractivity contribution in [2.24, 2.45) is 0 Å². The van der Waals surface area contributed by atoms with E-state index in [1.54, 1.807) is 11.6 Å². The molecule has 3 aromatic rings. The number of nitrogens with two attached hydrogens (primary N) is 1. The third-order valence-electron chi connectivity index (χ3n) is 3.42. The zero-order valence-corrected chi connectivity index (χ0v) is 12.2. The summed E-state index contributed by atoms with van der Waals surface area (Å²) in [6, 6.07) is 7.76. The van der Waals surface area contributed by atoms with Crippen LogP contribution in [0.3, 0.4) is 0 Å². The molecule has 0 aliphatic carbocycles. The van der Waals surface area contributed by atoms with Crippen LogP contribution < -0.4 is 10.5 Å². The molecule has 0 bridgehead atoms. The predicted octanol–water partition coefficient (Wildman–Crippen LogP) is 2.51. The fourth-order valence-corrected chi connectivity index (χ4v) is 2.35. The van der Waals surface area contributed by atoms with Gasteiger partial charge in [-0.1, -0.05) is 26.0 Å². The Bertz CT molecular complexity index is 777. The zero-order valence-electron chi connectivity index (χ0n) is 12.2. The second-order valence-corrected chi connectivity index (χ2v) is 5.11. The quantitative estimate of drug-likeness (QED) is 0.799. The molecular formula is C15H17N5O. The molecule has 2 N–H and O–H groups in total. The van der Waals surface area contributed by atoms with Gasteiger partial charge in [-0.15, -0.1) is 0 Å². The number of hydrogen-bond donors (Lipinski definition) is 1. The van der Waals surface area contributed by atoms with Gasteiger partial charge in [0.15, 0.2) is 0 Å². The third-order valence-corrected chi connectivity index (χ3v) is 3.42. The van der Waals surface area contributed by atoms with Gasteiger partial charge in [0.1, 0.15) is 17.9 Å². The Morgan fingerprint density at radius 2 is 1.90 bits per heavy atom. The first-order chi connectivity index (χ1) is 10.1. The Morgan fingerprint density at radius 1 is 1.19 bits per heavy atom. The summed E-state index contributed by atoms with van der Waals surface area (Å²) in [5, 5.41) is 4.13. The summed E-state index contributed by atoms with van der Waals surface area (Å²) in [4.78, 5) is 8.72. The lowest BCUT2D eigenvalue weighted by Gasteiger charge is -2.15. The van der Waals surface area contributed by atoms with E-state index in [1.807, 2.05) is 24.3 Å². The van der Waals surface area contributed by atoms with Gasteiger partial charge < -0.3 is 10.5 Å². The van der Waals surface area contributed by atoms with E-state index in [0.29, 0.717) is 11.6 Å². The summed E-state index contributed by atoms with van der Waals surface area (Å²) in [7, 11) is 1.64. The van der Waals surface area contributed by atoms with Gasteiger partial charge in [0.2, 0.25) is 0 Å². The number of aromatic nitrogens is 4. The van der Waals surface area contributed by atoms with Crippen molar-refractivity contribution in [3.05, 3.63) is 36.3 Å². The zero-order chi connectivity index (χ0) is 15.0. The van der Waals surface area contributed by atoms with Crippen molar-refractivity contribution in [3.8, 4) is 16.9 Å². The summed E-state index contributed by atoms with van der Waals surface area (Å²) in [6.07, 6.45) is 1.46. The normalized spacial score (nSPS) is 11.2. The Kier molecular flexibility index (Phi) is 3.21. The number of anilines is 1. The first kappa shape index (κ1) is 13.4. The van der Waals surface area contributed by atoms with Crippen LogP contribution in [-0.4, -0.2) is 26.7 Å². The number of methoxy groups -OCH3 is 1. The molecule has 0 unspecified atom stereocenters. The van der Waals surface area contributed by atoms with Crippen LogP contribution in [-0.2, 0) is 0 Å². The largest absolute Gasteiger partial charge is 0.497 e. The molecule has 0 spiro atoms. The highest BCUT2D eigenvalue weighted by atomic mass is 16.5. The van der Waals surface area contributed by atoms with Gasteiger partial charge in [-0.2, -0.15) is 14.6 Å². The van der Waals surface area contributed by atoms with Crippen LogP contribution in [0.1, 0.15) is 25.5 Å². The molecule has 0 amide bonds. The van der Waals surface area contributed by atoms with E-state index in [2.05, 4.69) is 28.9 Å². The molecule has 0 saturated carbocycles. The van der Waals surface area contributed by atoms with Crippen molar-refractivity contribution in [2.75, 3.05) is 12.8 Å². The summed E-state index contributed by atoms with van der Waals surface area (Å²) in [6.45, 7) is 4.17. The molecule has 2 aromatic heterocycles. The molecule has 0 radical (unpaired) electrons. The fourth-order valence-electron chi connectivity index (χ4n) is 2.35. The highest BCUT2D eigenvalue weighted by Gasteiger charge is 2.18. The molecule has 1 aromatic carbocycles. The van der Waals surface area contributed by atoms with E-state index in [-0.39, 0.29) is 5.92 Å². The molecule has 0 atom stereocenters. The van der Waals surface area contributed by atoms with Crippen molar-refractivity contribution in [1.82, 2.24) is 19.6 Å². The Morgan fingerprint density at radius 3 is 2.52 bits per heavy atom. The monoisotopic (exact) mass is 283 g/mol. The molecule has 6 heteroatoms. The van der Waals surface area contributed by atoms with E-state index in [0.717, 1.165) is 22.6 Å². The van der Waals surface area contributed by atoms with Crippen LogP contribution >= 0.6 is 0 Å². The number of benzene rings is 1. The summed E-state index contributed by atoms with van der Waals surface area (Å²) < 4.78 is 6.76. The maximum Gasteiger partial charge on any atom is 0.254 e. The van der Waals surface area contributed by atoms with Gasteiger partial charge in [0.05, 0.1) is 12.8 Å². The first-order valence-electron chi connectivity index (χ1n) is 6.75. The molecule has 0 aliphatic heterocycles. The molecule has 0 aliphatic rings. The average molecular weight is 283 g/mol. The minimum Gasteiger partial charge on any atom is -0.497 e. The topological polar surface area (TPSA) is 78.3 Å². The predicted molar refractivity (Wildman–Crippen MR) is 81.3 cm³/mol. The molecule has 0 fully saturated rings. The maximum atomic E-state index is 6.29. The first-order valence-corrected chi connectivity index (χ1v) is 6.75. The summed E-state index contributed by atoms with van der Waals surface area (Å²) >= 11 is 0. The third kappa shape index (κ3) is 2.18. The molecule has 21 heavy (non-hydrogen) atoms. The standard InChI is InChI=1S/C15H17N5O/c1-9(2)13-12(10-4-6-11(21-3)7-5-10)14(16)20-15(19-13)17-8-18-20/h4-9H,16H2,1-3H3. The van der Waals surface area contributed by atoms with Crippen LogP contribution in [0.4, 0.5) is 5.82 Å². The SMILES string of the molecule is COc1ccc(-c2c(C(C)C)nc3ncnn3c2N)cc1. The van der Waals surface area contributed by atoms with Crippen molar-refractivity contribution in [2.45, 2.75) is 19.8 Å². The van der Waals surface area contributed by atoms with Crippen LogP contribution in [0.2, 0.25) is 0 Å². The Balaban J connectivity index is 2.27. The van der Waals surface area contributed by atoms with Gasteiger partial charge in [-0.25, -0.2) is 4.98 Å². The van der Waals surface area contributed by atoms with E-state index >= 15 is 0 Å². The van der Waals surface area contributed by atoms with E-state index in [9.17, 15) is 0 Å². The van der Waals surface area contributed by atoms with Crippen molar-refractivity contribution < 1.29 is 4.74 Å². The van der Waals surface area contributed by atoms with Crippen LogP contribution in [0.25, 0.3) is 16.9 Å². The number of hydrogen-bond acceptors (Lipinski definition) is 5. The lowest BCUT2D eigenvalue weighted by Crippen LogP contribution is -2.08. The lowest BCUT2D eigenvalue weighted by molar-refractivity contribution is 0.415. The molecule has 2 heterocycles. The second kappa shape index (κ2) is 5.05. The lowest BCUT2D eigenvalue weighted by atomic mass is 9.98. The summed E-state index contributed by atoms with van der Waals surface area (Å²) in [5.74, 6) is 2.10. The maximum absolute atomic E-state index is 6.29. The molecule has 3 rings (SSSR count). The second-order valence-electron chi connectivity index (χ2n) is 5.11. The molecule has 0 saturated heterocycles. The van der Waals surface area contributed by atoms with E-state index < -0.39 is 0 Å². The van der Waals surface area contributed by atoms with Crippen LogP contribution in [0.5, 0.6) is 5.75 Å². The van der Waals surface area contributed by atoms with Gasteiger partial charge in [-0.3, -0.25) is 0 Å². The average Bonchev–Trinajstić information content (AvgIpc) is 2.96. The molecule has 6 nitrogen and oxygen atoms in total. The fraction of sp³-hybridized carbons (Fsp3) is 0.267. The number of ether oxygens (including phenoxy) is 1. The van der Waals surface area contributed by atoms with Crippen molar-refractivity contribution >= 4 is 11.6 Å². The number of nitrogens with zero attached hydrogens (tertiary/aromatic N) is 4.